The minimum absolute atomic E-state index is 0.398. The SMILES string of the molecule is CCC(CC)COc1ccc(S(=O)O)cc1. The van der Waals surface area contributed by atoms with Crippen molar-refractivity contribution in [1.82, 2.24) is 0 Å². The average molecular weight is 242 g/mol. The molecule has 1 aromatic rings. The topological polar surface area (TPSA) is 46.5 Å². The van der Waals surface area contributed by atoms with E-state index in [0.29, 0.717) is 17.4 Å². The maximum absolute atomic E-state index is 10.7. The Morgan fingerprint density at radius 3 is 2.25 bits per heavy atom. The predicted molar refractivity (Wildman–Crippen MR) is 65.0 cm³/mol. The molecule has 0 aromatic heterocycles. The first-order chi connectivity index (χ1) is 7.67. The molecule has 1 unspecified atom stereocenters. The molecule has 0 aliphatic rings. The number of hydrogen-bond acceptors (Lipinski definition) is 2. The first kappa shape index (κ1) is 13.2. The highest BCUT2D eigenvalue weighted by atomic mass is 32.2. The van der Waals surface area contributed by atoms with Gasteiger partial charge in [-0.1, -0.05) is 26.7 Å². The van der Waals surface area contributed by atoms with Crippen molar-refractivity contribution in [2.75, 3.05) is 6.61 Å². The lowest BCUT2D eigenvalue weighted by Crippen LogP contribution is -2.09. The van der Waals surface area contributed by atoms with Gasteiger partial charge in [-0.25, -0.2) is 4.21 Å². The zero-order valence-corrected chi connectivity index (χ0v) is 10.5. The standard InChI is InChI=1S/C12H18O3S/c1-3-10(4-2)9-15-11-5-7-12(8-6-11)16(13)14/h5-8,10H,3-4,9H2,1-2H3,(H,13,14). The Kier molecular flexibility index (Phi) is 5.49. The van der Waals surface area contributed by atoms with Crippen LogP contribution in [0.3, 0.4) is 0 Å². The Labute approximate surface area is 99.1 Å². The van der Waals surface area contributed by atoms with Gasteiger partial charge in [0.25, 0.3) is 0 Å². The van der Waals surface area contributed by atoms with Crippen LogP contribution in [0.5, 0.6) is 5.75 Å². The third kappa shape index (κ3) is 3.94. The van der Waals surface area contributed by atoms with E-state index in [-0.39, 0.29) is 0 Å². The highest BCUT2D eigenvalue weighted by molar-refractivity contribution is 7.79. The van der Waals surface area contributed by atoms with Crippen LogP contribution in [0.25, 0.3) is 0 Å². The summed E-state index contributed by atoms with van der Waals surface area (Å²) in [7, 11) is 0. The van der Waals surface area contributed by atoms with Crippen molar-refractivity contribution >= 4 is 11.1 Å². The second-order valence-corrected chi connectivity index (χ2v) is 4.68. The quantitative estimate of drug-likeness (QED) is 0.780. The Balaban J connectivity index is 2.52. The van der Waals surface area contributed by atoms with E-state index in [0.717, 1.165) is 18.6 Å². The van der Waals surface area contributed by atoms with E-state index in [9.17, 15) is 4.21 Å². The van der Waals surface area contributed by atoms with Crippen LogP contribution in [-0.2, 0) is 11.1 Å². The molecule has 1 aromatic carbocycles. The van der Waals surface area contributed by atoms with Crippen LogP contribution in [0.2, 0.25) is 0 Å². The maximum atomic E-state index is 10.7. The number of hydrogen-bond donors (Lipinski definition) is 1. The van der Waals surface area contributed by atoms with Crippen LogP contribution >= 0.6 is 0 Å². The van der Waals surface area contributed by atoms with Gasteiger partial charge in [-0.3, -0.25) is 0 Å². The van der Waals surface area contributed by atoms with Gasteiger partial charge < -0.3 is 9.29 Å². The third-order valence-electron chi connectivity index (χ3n) is 2.67. The number of ether oxygens (including phenoxy) is 1. The molecule has 1 atom stereocenters. The fourth-order valence-corrected chi connectivity index (χ4v) is 1.76. The van der Waals surface area contributed by atoms with E-state index in [1.165, 1.54) is 0 Å². The Bertz CT molecular complexity index is 331. The van der Waals surface area contributed by atoms with Gasteiger partial charge in [0, 0.05) is 0 Å². The zero-order chi connectivity index (χ0) is 12.0. The molecule has 0 aliphatic heterocycles. The molecule has 0 heterocycles. The van der Waals surface area contributed by atoms with Crippen molar-refractivity contribution in [2.45, 2.75) is 31.6 Å². The van der Waals surface area contributed by atoms with Gasteiger partial charge in [-0.15, -0.1) is 0 Å². The van der Waals surface area contributed by atoms with Crippen molar-refractivity contribution in [2.24, 2.45) is 5.92 Å². The lowest BCUT2D eigenvalue weighted by molar-refractivity contribution is 0.240. The normalized spacial score (nSPS) is 12.8. The molecule has 4 heteroatoms. The van der Waals surface area contributed by atoms with Gasteiger partial charge in [0.05, 0.1) is 11.5 Å². The second-order valence-electron chi connectivity index (χ2n) is 3.71. The molecule has 0 amide bonds. The van der Waals surface area contributed by atoms with Crippen molar-refractivity contribution in [3.8, 4) is 5.75 Å². The van der Waals surface area contributed by atoms with Gasteiger partial charge in [0.1, 0.15) is 5.75 Å². The summed E-state index contributed by atoms with van der Waals surface area (Å²) in [6.45, 7) is 5.00. The molecule has 0 fully saturated rings. The van der Waals surface area contributed by atoms with E-state index in [4.69, 9.17) is 9.29 Å². The van der Waals surface area contributed by atoms with Gasteiger partial charge in [-0.05, 0) is 30.2 Å². The fourth-order valence-electron chi connectivity index (χ4n) is 1.39. The minimum Gasteiger partial charge on any atom is -0.493 e. The summed E-state index contributed by atoms with van der Waals surface area (Å²) in [6.07, 6.45) is 2.21. The molecule has 0 aliphatic carbocycles. The van der Waals surface area contributed by atoms with Crippen molar-refractivity contribution < 1.29 is 13.5 Å². The molecular formula is C12H18O3S. The number of rotatable bonds is 6. The molecule has 0 saturated heterocycles. The highest BCUT2D eigenvalue weighted by Crippen LogP contribution is 2.16. The molecular weight excluding hydrogens is 224 g/mol. The van der Waals surface area contributed by atoms with Crippen molar-refractivity contribution in [3.63, 3.8) is 0 Å². The lowest BCUT2D eigenvalue weighted by Gasteiger charge is -2.13. The van der Waals surface area contributed by atoms with Crippen LogP contribution < -0.4 is 4.74 Å². The molecule has 3 nitrogen and oxygen atoms in total. The first-order valence-electron chi connectivity index (χ1n) is 5.51. The summed E-state index contributed by atoms with van der Waals surface area (Å²) >= 11 is -1.91. The maximum Gasteiger partial charge on any atom is 0.186 e. The molecule has 0 saturated carbocycles. The third-order valence-corrected chi connectivity index (χ3v) is 3.34. The molecule has 0 spiro atoms. The Morgan fingerprint density at radius 2 is 1.81 bits per heavy atom. The fraction of sp³-hybridized carbons (Fsp3) is 0.500. The van der Waals surface area contributed by atoms with Crippen LogP contribution in [-0.4, -0.2) is 15.4 Å². The predicted octanol–water partition coefficient (Wildman–Crippen LogP) is 3.08. The van der Waals surface area contributed by atoms with E-state index in [1.807, 2.05) is 0 Å². The first-order valence-corrected chi connectivity index (χ1v) is 6.61. The van der Waals surface area contributed by atoms with Crippen LogP contribution in [0, 0.1) is 5.92 Å². The van der Waals surface area contributed by atoms with Gasteiger partial charge in [0.15, 0.2) is 11.1 Å². The van der Waals surface area contributed by atoms with Crippen molar-refractivity contribution in [1.29, 1.82) is 0 Å². The van der Waals surface area contributed by atoms with E-state index < -0.39 is 11.1 Å². The number of benzene rings is 1. The van der Waals surface area contributed by atoms with Crippen molar-refractivity contribution in [3.05, 3.63) is 24.3 Å². The smallest absolute Gasteiger partial charge is 0.186 e. The summed E-state index contributed by atoms with van der Waals surface area (Å²) in [5, 5.41) is 0. The van der Waals surface area contributed by atoms with Crippen LogP contribution in [0.1, 0.15) is 26.7 Å². The Morgan fingerprint density at radius 1 is 1.25 bits per heavy atom. The average Bonchev–Trinajstić information content (AvgIpc) is 2.31. The second kappa shape index (κ2) is 6.66. The molecule has 16 heavy (non-hydrogen) atoms. The summed E-state index contributed by atoms with van der Waals surface area (Å²) in [5.74, 6) is 1.33. The van der Waals surface area contributed by atoms with E-state index >= 15 is 0 Å². The summed E-state index contributed by atoms with van der Waals surface area (Å²) in [6, 6.07) is 6.67. The lowest BCUT2D eigenvalue weighted by atomic mass is 10.1. The van der Waals surface area contributed by atoms with E-state index in [2.05, 4.69) is 13.8 Å². The molecule has 1 N–H and O–H groups in total. The molecule has 90 valence electrons. The summed E-state index contributed by atoms with van der Waals surface area (Å²) in [4.78, 5) is 0.398. The van der Waals surface area contributed by atoms with Gasteiger partial charge in [0.2, 0.25) is 0 Å². The summed E-state index contributed by atoms with van der Waals surface area (Å²) in [5.41, 5.74) is 0. The van der Waals surface area contributed by atoms with Crippen LogP contribution in [0.15, 0.2) is 29.2 Å². The monoisotopic (exact) mass is 242 g/mol. The highest BCUT2D eigenvalue weighted by Gasteiger charge is 2.05. The van der Waals surface area contributed by atoms with Gasteiger partial charge in [-0.2, -0.15) is 0 Å². The molecule has 0 radical (unpaired) electrons. The molecule has 1 rings (SSSR count). The minimum atomic E-state index is -1.91. The van der Waals surface area contributed by atoms with E-state index in [1.54, 1.807) is 24.3 Å². The largest absolute Gasteiger partial charge is 0.493 e. The van der Waals surface area contributed by atoms with Crippen LogP contribution in [0.4, 0.5) is 0 Å². The Hall–Kier alpha value is -0.870. The molecule has 0 bridgehead atoms. The zero-order valence-electron chi connectivity index (χ0n) is 9.68. The van der Waals surface area contributed by atoms with Gasteiger partial charge >= 0.3 is 0 Å². The summed E-state index contributed by atoms with van der Waals surface area (Å²) < 4.78 is 25.2.